The molecule has 0 radical (unpaired) electrons. The maximum atomic E-state index is 5.19. The third-order valence-electron chi connectivity index (χ3n) is 2.63. The lowest BCUT2D eigenvalue weighted by Crippen LogP contribution is -2.24. The number of anilines is 1. The van der Waals surface area contributed by atoms with E-state index >= 15 is 0 Å². The highest BCUT2D eigenvalue weighted by Crippen LogP contribution is 2.15. The third-order valence-corrected chi connectivity index (χ3v) is 2.63. The van der Waals surface area contributed by atoms with E-state index < -0.39 is 0 Å². The van der Waals surface area contributed by atoms with Gasteiger partial charge in [-0.15, -0.1) is 5.10 Å². The van der Waals surface area contributed by atoms with Crippen LogP contribution in [0.3, 0.4) is 0 Å². The Kier molecular flexibility index (Phi) is 6.43. The van der Waals surface area contributed by atoms with Crippen molar-refractivity contribution in [1.82, 2.24) is 0 Å². The average molecular weight is 261 g/mol. The highest BCUT2D eigenvalue weighted by molar-refractivity contribution is 5.82. The van der Waals surface area contributed by atoms with Crippen molar-refractivity contribution >= 4 is 17.9 Å². The second-order valence-corrected chi connectivity index (χ2v) is 4.35. The summed E-state index contributed by atoms with van der Waals surface area (Å²) in [4.78, 5) is 2.39. The standard InChI is InChI=1S/C14H23N5/c1-3-9-19(10-4-2)13-7-5-12(6-8-13)11-17-18-14(15)16/h5-8,11H,3-4,9-10H2,1-2H3,(H4,15,16,18)/b17-11-. The van der Waals surface area contributed by atoms with Crippen molar-refractivity contribution in [2.24, 2.45) is 21.7 Å². The molecule has 5 nitrogen and oxygen atoms in total. The highest BCUT2D eigenvalue weighted by atomic mass is 15.3. The summed E-state index contributed by atoms with van der Waals surface area (Å²) >= 11 is 0. The first-order chi connectivity index (χ1) is 9.17. The lowest BCUT2D eigenvalue weighted by Gasteiger charge is -2.23. The van der Waals surface area contributed by atoms with Gasteiger partial charge in [0, 0.05) is 18.8 Å². The van der Waals surface area contributed by atoms with Gasteiger partial charge < -0.3 is 16.4 Å². The van der Waals surface area contributed by atoms with E-state index in [2.05, 4.69) is 41.1 Å². The van der Waals surface area contributed by atoms with Crippen LogP contribution in [0.15, 0.2) is 34.5 Å². The fourth-order valence-electron chi connectivity index (χ4n) is 1.84. The summed E-state index contributed by atoms with van der Waals surface area (Å²) in [5, 5.41) is 7.36. The zero-order valence-electron chi connectivity index (χ0n) is 11.7. The zero-order chi connectivity index (χ0) is 14.1. The van der Waals surface area contributed by atoms with Crippen LogP contribution < -0.4 is 16.4 Å². The molecule has 1 aromatic carbocycles. The maximum absolute atomic E-state index is 5.19. The summed E-state index contributed by atoms with van der Waals surface area (Å²) in [6.07, 6.45) is 3.93. The van der Waals surface area contributed by atoms with E-state index in [4.69, 9.17) is 11.5 Å². The van der Waals surface area contributed by atoms with E-state index in [1.54, 1.807) is 6.21 Å². The van der Waals surface area contributed by atoms with Crippen LogP contribution in [0.25, 0.3) is 0 Å². The number of guanidine groups is 1. The molecule has 0 fully saturated rings. The molecule has 0 aliphatic carbocycles. The maximum Gasteiger partial charge on any atom is 0.211 e. The largest absolute Gasteiger partial charge is 0.372 e. The second-order valence-electron chi connectivity index (χ2n) is 4.35. The lowest BCUT2D eigenvalue weighted by molar-refractivity contribution is 0.745. The van der Waals surface area contributed by atoms with Gasteiger partial charge in [0.2, 0.25) is 5.96 Å². The van der Waals surface area contributed by atoms with Crippen LogP contribution in [0, 0.1) is 0 Å². The van der Waals surface area contributed by atoms with Crippen molar-refractivity contribution in [3.05, 3.63) is 29.8 Å². The molecule has 0 bridgehead atoms. The van der Waals surface area contributed by atoms with Crippen molar-refractivity contribution in [2.45, 2.75) is 26.7 Å². The van der Waals surface area contributed by atoms with Gasteiger partial charge in [-0.3, -0.25) is 0 Å². The molecule has 1 rings (SSSR count). The minimum absolute atomic E-state index is 0.0371. The van der Waals surface area contributed by atoms with Gasteiger partial charge >= 0.3 is 0 Å². The van der Waals surface area contributed by atoms with Crippen LogP contribution in [0.1, 0.15) is 32.3 Å². The third kappa shape index (κ3) is 5.42. The van der Waals surface area contributed by atoms with Gasteiger partial charge in [-0.05, 0) is 30.5 Å². The molecule has 0 aliphatic heterocycles. The smallest absolute Gasteiger partial charge is 0.211 e. The molecular weight excluding hydrogens is 238 g/mol. The monoisotopic (exact) mass is 261 g/mol. The van der Waals surface area contributed by atoms with Crippen molar-refractivity contribution < 1.29 is 0 Å². The summed E-state index contributed by atoms with van der Waals surface area (Å²) < 4.78 is 0. The second kappa shape index (κ2) is 8.13. The summed E-state index contributed by atoms with van der Waals surface area (Å²) in [6, 6.07) is 8.23. The number of rotatable bonds is 7. The number of benzene rings is 1. The quantitative estimate of drug-likeness (QED) is 0.447. The van der Waals surface area contributed by atoms with Crippen molar-refractivity contribution in [3.63, 3.8) is 0 Å². The summed E-state index contributed by atoms with van der Waals surface area (Å²) in [5.41, 5.74) is 12.6. The molecule has 0 saturated carbocycles. The van der Waals surface area contributed by atoms with Crippen molar-refractivity contribution in [3.8, 4) is 0 Å². The Morgan fingerprint density at radius 2 is 1.68 bits per heavy atom. The van der Waals surface area contributed by atoms with E-state index in [9.17, 15) is 0 Å². The van der Waals surface area contributed by atoms with Gasteiger partial charge in [0.1, 0.15) is 0 Å². The Morgan fingerprint density at radius 1 is 1.11 bits per heavy atom. The van der Waals surface area contributed by atoms with E-state index in [0.29, 0.717) is 0 Å². The van der Waals surface area contributed by atoms with Crippen molar-refractivity contribution in [1.29, 1.82) is 0 Å². The molecular formula is C14H23N5. The summed E-state index contributed by atoms with van der Waals surface area (Å²) in [5.74, 6) is -0.0371. The first kappa shape index (κ1) is 15.0. The minimum Gasteiger partial charge on any atom is -0.372 e. The van der Waals surface area contributed by atoms with Crippen LogP contribution >= 0.6 is 0 Å². The SMILES string of the molecule is CCCN(CCC)c1ccc(/C=N\N=C(N)N)cc1. The van der Waals surface area contributed by atoms with Gasteiger partial charge in [0.25, 0.3) is 0 Å². The topological polar surface area (TPSA) is 80.0 Å². The number of nitrogens with zero attached hydrogens (tertiary/aromatic N) is 3. The molecule has 4 N–H and O–H groups in total. The molecule has 0 unspecified atom stereocenters. The predicted molar refractivity (Wildman–Crippen MR) is 82.6 cm³/mol. The van der Waals surface area contributed by atoms with Crippen LogP contribution in [0.2, 0.25) is 0 Å². The number of hydrogen-bond donors (Lipinski definition) is 2. The predicted octanol–water partition coefficient (Wildman–Crippen LogP) is 1.92. The molecule has 0 spiro atoms. The van der Waals surface area contributed by atoms with E-state index in [1.165, 1.54) is 5.69 Å². The fraction of sp³-hybridized carbons (Fsp3) is 0.429. The number of hydrogen-bond acceptors (Lipinski definition) is 3. The van der Waals surface area contributed by atoms with Crippen LogP contribution in [-0.2, 0) is 0 Å². The highest BCUT2D eigenvalue weighted by Gasteiger charge is 2.03. The van der Waals surface area contributed by atoms with Gasteiger partial charge in [0.05, 0.1) is 6.21 Å². The Bertz CT molecular complexity index is 412. The van der Waals surface area contributed by atoms with Crippen LogP contribution in [-0.4, -0.2) is 25.3 Å². The molecule has 0 aromatic heterocycles. The molecule has 1 aromatic rings. The Balaban J connectivity index is 2.74. The lowest BCUT2D eigenvalue weighted by atomic mass is 10.2. The van der Waals surface area contributed by atoms with Crippen LogP contribution in [0.4, 0.5) is 5.69 Å². The molecule has 19 heavy (non-hydrogen) atoms. The Hall–Kier alpha value is -2.04. The molecule has 0 atom stereocenters. The van der Waals surface area contributed by atoms with Gasteiger partial charge in [-0.25, -0.2) is 0 Å². The molecule has 0 heterocycles. The first-order valence-electron chi connectivity index (χ1n) is 6.64. The summed E-state index contributed by atoms with van der Waals surface area (Å²) in [7, 11) is 0. The molecule has 5 heteroatoms. The fourth-order valence-corrected chi connectivity index (χ4v) is 1.84. The zero-order valence-corrected chi connectivity index (χ0v) is 11.7. The van der Waals surface area contributed by atoms with Gasteiger partial charge in [-0.1, -0.05) is 26.0 Å². The molecule has 104 valence electrons. The van der Waals surface area contributed by atoms with Gasteiger partial charge in [0.15, 0.2) is 0 Å². The average Bonchev–Trinajstić information content (AvgIpc) is 2.39. The normalized spacial score (nSPS) is 10.6. The minimum atomic E-state index is -0.0371. The van der Waals surface area contributed by atoms with Gasteiger partial charge in [-0.2, -0.15) is 5.10 Å². The molecule has 0 aliphatic rings. The Labute approximate surface area is 115 Å². The number of nitrogens with two attached hydrogens (primary N) is 2. The summed E-state index contributed by atoms with van der Waals surface area (Å²) in [6.45, 7) is 6.54. The first-order valence-corrected chi connectivity index (χ1v) is 6.64. The molecule has 0 saturated heterocycles. The van der Waals surface area contributed by atoms with E-state index in [-0.39, 0.29) is 5.96 Å². The molecule has 0 amide bonds. The van der Waals surface area contributed by atoms with E-state index in [1.807, 2.05) is 12.1 Å². The van der Waals surface area contributed by atoms with Crippen LogP contribution in [0.5, 0.6) is 0 Å². The Morgan fingerprint density at radius 3 is 2.16 bits per heavy atom. The van der Waals surface area contributed by atoms with E-state index in [0.717, 1.165) is 31.5 Å². The van der Waals surface area contributed by atoms with Crippen molar-refractivity contribution in [2.75, 3.05) is 18.0 Å².